The minimum atomic E-state index is -2.95. The first-order valence-electron chi connectivity index (χ1n) is 6.74. The average molecular weight is 294 g/mol. The van der Waals surface area contributed by atoms with Crippen LogP contribution in [0.15, 0.2) is 0 Å². The number of hydrogen-bond donors (Lipinski definition) is 1. The van der Waals surface area contributed by atoms with Crippen LogP contribution >= 0.6 is 11.8 Å². The van der Waals surface area contributed by atoms with Crippen LogP contribution in [0, 0.1) is 5.92 Å². The van der Waals surface area contributed by atoms with Gasteiger partial charge in [-0.05, 0) is 31.8 Å². The van der Waals surface area contributed by atoms with Crippen LogP contribution in [0.25, 0.3) is 0 Å². The summed E-state index contributed by atoms with van der Waals surface area (Å²) >= 11 is 1.75. The largest absolute Gasteiger partial charge is 0.330 e. The molecule has 2 unspecified atom stereocenters. The van der Waals surface area contributed by atoms with Gasteiger partial charge < -0.3 is 5.73 Å². The zero-order chi connectivity index (χ0) is 13.6. The predicted molar refractivity (Wildman–Crippen MR) is 79.6 cm³/mol. The third-order valence-corrected chi connectivity index (χ3v) is 6.88. The van der Waals surface area contributed by atoms with E-state index in [1.54, 1.807) is 18.7 Å². The number of thioether (sulfide) groups is 1. The van der Waals surface area contributed by atoms with Gasteiger partial charge in [-0.15, -0.1) is 0 Å². The van der Waals surface area contributed by atoms with Gasteiger partial charge in [0.1, 0.15) is 5.37 Å². The quantitative estimate of drug-likeness (QED) is 0.763. The van der Waals surface area contributed by atoms with Crippen molar-refractivity contribution in [1.82, 2.24) is 4.90 Å². The molecular weight excluding hydrogens is 268 g/mol. The van der Waals surface area contributed by atoms with Gasteiger partial charge >= 0.3 is 0 Å². The zero-order valence-corrected chi connectivity index (χ0v) is 13.1. The molecule has 1 saturated heterocycles. The zero-order valence-electron chi connectivity index (χ0n) is 11.5. The predicted octanol–water partition coefficient (Wildman–Crippen LogP) is 1.17. The third kappa shape index (κ3) is 4.72. The molecule has 2 atom stereocenters. The molecule has 0 bridgehead atoms. The number of nitrogens with two attached hydrogens (primary N) is 1. The van der Waals surface area contributed by atoms with Crippen molar-refractivity contribution in [2.75, 3.05) is 36.9 Å². The van der Waals surface area contributed by atoms with E-state index in [9.17, 15) is 8.42 Å². The van der Waals surface area contributed by atoms with Crippen molar-refractivity contribution < 1.29 is 8.42 Å². The lowest BCUT2D eigenvalue weighted by atomic mass is 10.1. The Balaban J connectivity index is 2.50. The lowest BCUT2D eigenvalue weighted by Gasteiger charge is -2.34. The Bertz CT molecular complexity index is 333. The van der Waals surface area contributed by atoms with Crippen LogP contribution in [0.3, 0.4) is 0 Å². The van der Waals surface area contributed by atoms with Crippen molar-refractivity contribution in [3.05, 3.63) is 0 Å². The molecule has 0 aromatic carbocycles. The highest BCUT2D eigenvalue weighted by atomic mass is 32.2. The molecule has 1 aliphatic rings. The Morgan fingerprint density at radius 1 is 1.50 bits per heavy atom. The SMILES string of the molecule is CCS(=O)(=O)C1CSCCN1CCCC(C)CN. The lowest BCUT2D eigenvalue weighted by Crippen LogP contribution is -2.48. The molecule has 0 aromatic heterocycles. The van der Waals surface area contributed by atoms with Crippen LogP contribution < -0.4 is 5.73 Å². The van der Waals surface area contributed by atoms with Crippen LogP contribution in [0.2, 0.25) is 0 Å². The summed E-state index contributed by atoms with van der Waals surface area (Å²) in [5, 5.41) is -0.269. The van der Waals surface area contributed by atoms with Crippen molar-refractivity contribution in [3.8, 4) is 0 Å². The molecule has 0 saturated carbocycles. The molecule has 1 fully saturated rings. The molecule has 1 aliphatic heterocycles. The van der Waals surface area contributed by atoms with E-state index in [1.165, 1.54) is 0 Å². The summed E-state index contributed by atoms with van der Waals surface area (Å²) in [7, 11) is -2.95. The first kappa shape index (κ1) is 16.3. The first-order valence-corrected chi connectivity index (χ1v) is 9.61. The highest BCUT2D eigenvalue weighted by Crippen LogP contribution is 2.22. The van der Waals surface area contributed by atoms with Gasteiger partial charge in [-0.1, -0.05) is 13.8 Å². The van der Waals surface area contributed by atoms with Crippen LogP contribution in [0.5, 0.6) is 0 Å². The van der Waals surface area contributed by atoms with Crippen molar-refractivity contribution >= 4 is 21.6 Å². The Morgan fingerprint density at radius 3 is 2.83 bits per heavy atom. The van der Waals surface area contributed by atoms with Gasteiger partial charge in [0.15, 0.2) is 9.84 Å². The standard InChI is InChI=1S/C12H26N2O2S2/c1-3-18(15,16)12-10-17-8-7-14(12)6-4-5-11(2)9-13/h11-12H,3-10,13H2,1-2H3. The van der Waals surface area contributed by atoms with Crippen molar-refractivity contribution in [3.63, 3.8) is 0 Å². The number of nitrogens with zero attached hydrogens (tertiary/aromatic N) is 1. The lowest BCUT2D eigenvalue weighted by molar-refractivity contribution is 0.258. The summed E-state index contributed by atoms with van der Waals surface area (Å²) in [6, 6.07) is 0. The van der Waals surface area contributed by atoms with Gasteiger partial charge in [0.25, 0.3) is 0 Å². The molecule has 1 rings (SSSR count). The van der Waals surface area contributed by atoms with E-state index in [1.807, 2.05) is 0 Å². The summed E-state index contributed by atoms with van der Waals surface area (Å²) in [4.78, 5) is 2.15. The average Bonchev–Trinajstić information content (AvgIpc) is 2.39. The second kappa shape index (κ2) is 7.72. The van der Waals surface area contributed by atoms with Gasteiger partial charge in [0.05, 0.1) is 0 Å². The maximum atomic E-state index is 12.0. The fraction of sp³-hybridized carbons (Fsp3) is 1.00. The smallest absolute Gasteiger partial charge is 0.166 e. The molecule has 108 valence electrons. The van der Waals surface area contributed by atoms with Crippen LogP contribution in [-0.2, 0) is 9.84 Å². The van der Waals surface area contributed by atoms with Gasteiger partial charge in [-0.3, -0.25) is 4.90 Å². The van der Waals surface area contributed by atoms with E-state index < -0.39 is 9.84 Å². The molecule has 2 N–H and O–H groups in total. The van der Waals surface area contributed by atoms with Gasteiger partial charge in [-0.2, -0.15) is 11.8 Å². The molecule has 0 spiro atoms. The molecular formula is C12H26N2O2S2. The molecule has 1 heterocycles. The topological polar surface area (TPSA) is 63.4 Å². The summed E-state index contributed by atoms with van der Waals surface area (Å²) in [6.45, 7) is 6.38. The van der Waals surface area contributed by atoms with Crippen molar-refractivity contribution in [2.24, 2.45) is 11.7 Å². The van der Waals surface area contributed by atoms with E-state index in [0.717, 1.165) is 37.4 Å². The Labute approximate surface area is 116 Å². The van der Waals surface area contributed by atoms with Gasteiger partial charge in [-0.25, -0.2) is 8.42 Å². The molecule has 0 amide bonds. The van der Waals surface area contributed by atoms with Crippen LogP contribution in [0.4, 0.5) is 0 Å². The van der Waals surface area contributed by atoms with Crippen molar-refractivity contribution in [2.45, 2.75) is 32.1 Å². The Hall–Kier alpha value is 0.220. The minimum absolute atomic E-state index is 0.244. The van der Waals surface area contributed by atoms with Crippen LogP contribution in [0.1, 0.15) is 26.7 Å². The summed E-state index contributed by atoms with van der Waals surface area (Å²) in [5.41, 5.74) is 5.60. The van der Waals surface area contributed by atoms with Crippen molar-refractivity contribution in [1.29, 1.82) is 0 Å². The fourth-order valence-electron chi connectivity index (χ4n) is 2.16. The minimum Gasteiger partial charge on any atom is -0.330 e. The Morgan fingerprint density at radius 2 is 2.22 bits per heavy atom. The van der Waals surface area contributed by atoms with Gasteiger partial charge in [0.2, 0.25) is 0 Å². The van der Waals surface area contributed by atoms with E-state index >= 15 is 0 Å². The number of sulfone groups is 1. The molecule has 0 radical (unpaired) electrons. The molecule has 18 heavy (non-hydrogen) atoms. The van der Waals surface area contributed by atoms with E-state index in [4.69, 9.17) is 5.73 Å². The molecule has 0 aromatic rings. The number of hydrogen-bond acceptors (Lipinski definition) is 5. The number of rotatable bonds is 7. The highest BCUT2D eigenvalue weighted by molar-refractivity contribution is 8.01. The maximum Gasteiger partial charge on any atom is 0.166 e. The normalized spacial score (nSPS) is 24.1. The first-order chi connectivity index (χ1) is 8.51. The molecule has 4 nitrogen and oxygen atoms in total. The van der Waals surface area contributed by atoms with E-state index in [0.29, 0.717) is 12.5 Å². The maximum absolute atomic E-state index is 12.0. The fourth-order valence-corrected chi connectivity index (χ4v) is 5.27. The van der Waals surface area contributed by atoms with E-state index in [2.05, 4.69) is 11.8 Å². The summed E-state index contributed by atoms with van der Waals surface area (Å²) < 4.78 is 24.1. The third-order valence-electron chi connectivity index (χ3n) is 3.55. The molecule has 0 aliphatic carbocycles. The highest BCUT2D eigenvalue weighted by Gasteiger charge is 2.32. The second-order valence-electron chi connectivity index (χ2n) is 5.00. The molecule has 6 heteroatoms. The second-order valence-corrected chi connectivity index (χ2v) is 8.60. The van der Waals surface area contributed by atoms with Gasteiger partial charge in [0, 0.05) is 23.8 Å². The summed E-state index contributed by atoms with van der Waals surface area (Å²) in [5.74, 6) is 2.55. The summed E-state index contributed by atoms with van der Waals surface area (Å²) in [6.07, 6.45) is 2.12. The van der Waals surface area contributed by atoms with Crippen LogP contribution in [-0.4, -0.2) is 55.6 Å². The Kier molecular flexibility index (Phi) is 6.98. The van der Waals surface area contributed by atoms with E-state index in [-0.39, 0.29) is 11.1 Å². The monoisotopic (exact) mass is 294 g/mol.